The lowest BCUT2D eigenvalue weighted by Gasteiger charge is -2.07. The molecule has 0 amide bonds. The minimum absolute atomic E-state index is 0.172. The Bertz CT molecular complexity index is 593. The molecule has 2 rings (SSSR count). The van der Waals surface area contributed by atoms with Gasteiger partial charge in [0, 0.05) is 7.11 Å². The van der Waals surface area contributed by atoms with Gasteiger partial charge in [0.1, 0.15) is 5.69 Å². The number of methoxy groups -OCH3 is 2. The number of nitrogens with zero attached hydrogens (tertiary/aromatic N) is 3. The second-order valence-electron chi connectivity index (χ2n) is 4.06. The number of benzene rings is 1. The molecule has 0 aliphatic rings. The van der Waals surface area contributed by atoms with Crippen LogP contribution in [0.1, 0.15) is 21.7 Å². The first-order valence-corrected chi connectivity index (χ1v) is 5.76. The van der Waals surface area contributed by atoms with Gasteiger partial charge in [0.2, 0.25) is 0 Å². The Morgan fingerprint density at radius 1 is 1.37 bits per heavy atom. The van der Waals surface area contributed by atoms with Gasteiger partial charge in [-0.2, -0.15) is 0 Å². The molecule has 6 heteroatoms. The Kier molecular flexibility index (Phi) is 3.91. The Hall–Kier alpha value is -2.21. The standard InChI is InChI=1S/C13H15N3O3/c1-9-5-4-6-10(7-9)16-11(8-18-2)12(14-15-16)13(17)19-3/h4-7H,8H2,1-3H3. The Balaban J connectivity index is 2.51. The van der Waals surface area contributed by atoms with Gasteiger partial charge in [-0.05, 0) is 24.6 Å². The zero-order valence-corrected chi connectivity index (χ0v) is 11.1. The molecule has 0 atom stereocenters. The topological polar surface area (TPSA) is 66.2 Å². The fourth-order valence-electron chi connectivity index (χ4n) is 1.79. The summed E-state index contributed by atoms with van der Waals surface area (Å²) in [7, 11) is 2.86. The van der Waals surface area contributed by atoms with Crippen LogP contribution in [0.15, 0.2) is 24.3 Å². The lowest BCUT2D eigenvalue weighted by atomic mass is 10.2. The number of hydrogen-bond acceptors (Lipinski definition) is 5. The summed E-state index contributed by atoms with van der Waals surface area (Å²) in [5, 5.41) is 7.87. The van der Waals surface area contributed by atoms with Crippen LogP contribution in [0, 0.1) is 6.92 Å². The number of hydrogen-bond donors (Lipinski definition) is 0. The second-order valence-corrected chi connectivity index (χ2v) is 4.06. The molecule has 0 unspecified atom stereocenters. The highest BCUT2D eigenvalue weighted by Crippen LogP contribution is 2.15. The van der Waals surface area contributed by atoms with Gasteiger partial charge >= 0.3 is 5.97 Å². The van der Waals surface area contributed by atoms with E-state index in [-0.39, 0.29) is 12.3 Å². The Morgan fingerprint density at radius 2 is 2.16 bits per heavy atom. The molecule has 0 fully saturated rings. The van der Waals surface area contributed by atoms with E-state index in [0.717, 1.165) is 11.3 Å². The van der Waals surface area contributed by atoms with Crippen LogP contribution in [0.3, 0.4) is 0 Å². The molecule has 0 saturated carbocycles. The third-order valence-electron chi connectivity index (χ3n) is 2.67. The third kappa shape index (κ3) is 2.63. The van der Waals surface area contributed by atoms with Crippen molar-refractivity contribution < 1.29 is 14.3 Å². The minimum atomic E-state index is -0.522. The van der Waals surface area contributed by atoms with Crippen molar-refractivity contribution in [3.8, 4) is 5.69 Å². The first kappa shape index (κ1) is 13.2. The van der Waals surface area contributed by atoms with Gasteiger partial charge in [0.15, 0.2) is 5.69 Å². The summed E-state index contributed by atoms with van der Waals surface area (Å²) >= 11 is 0. The molecule has 1 aromatic heterocycles. The third-order valence-corrected chi connectivity index (χ3v) is 2.67. The maximum absolute atomic E-state index is 11.6. The van der Waals surface area contributed by atoms with Gasteiger partial charge in [0.25, 0.3) is 0 Å². The number of esters is 1. The number of aryl methyl sites for hydroxylation is 1. The van der Waals surface area contributed by atoms with Crippen molar-refractivity contribution in [3.05, 3.63) is 41.2 Å². The van der Waals surface area contributed by atoms with E-state index < -0.39 is 5.97 Å². The smallest absolute Gasteiger partial charge is 0.360 e. The summed E-state index contributed by atoms with van der Waals surface area (Å²) in [6, 6.07) is 7.75. The Morgan fingerprint density at radius 3 is 2.79 bits per heavy atom. The van der Waals surface area contributed by atoms with Gasteiger partial charge in [-0.25, -0.2) is 9.48 Å². The summed E-state index contributed by atoms with van der Waals surface area (Å²) in [6.45, 7) is 2.21. The predicted octanol–water partition coefficient (Wildman–Crippen LogP) is 1.51. The van der Waals surface area contributed by atoms with Crippen LogP contribution in [0.4, 0.5) is 0 Å². The van der Waals surface area contributed by atoms with Gasteiger partial charge in [0.05, 0.1) is 19.4 Å². The molecule has 1 aromatic carbocycles. The van der Waals surface area contributed by atoms with E-state index in [0.29, 0.717) is 5.69 Å². The second kappa shape index (κ2) is 5.62. The minimum Gasteiger partial charge on any atom is -0.464 e. The number of carbonyl (C=O) groups excluding carboxylic acids is 1. The zero-order chi connectivity index (χ0) is 13.8. The van der Waals surface area contributed by atoms with Crippen LogP contribution in [-0.4, -0.2) is 35.2 Å². The van der Waals surface area contributed by atoms with Crippen molar-refractivity contribution >= 4 is 5.97 Å². The normalized spacial score (nSPS) is 10.5. The highest BCUT2D eigenvalue weighted by atomic mass is 16.5. The zero-order valence-electron chi connectivity index (χ0n) is 11.1. The van der Waals surface area contributed by atoms with Gasteiger partial charge in [-0.15, -0.1) is 5.10 Å². The number of carbonyl (C=O) groups is 1. The lowest BCUT2D eigenvalue weighted by molar-refractivity contribution is 0.0588. The van der Waals surface area contributed by atoms with E-state index in [4.69, 9.17) is 4.74 Å². The van der Waals surface area contributed by atoms with Crippen LogP contribution in [0.5, 0.6) is 0 Å². The van der Waals surface area contributed by atoms with E-state index in [1.54, 1.807) is 11.8 Å². The van der Waals surface area contributed by atoms with Gasteiger partial charge in [-0.3, -0.25) is 0 Å². The molecule has 0 aliphatic heterocycles. The molecular formula is C13H15N3O3. The predicted molar refractivity (Wildman–Crippen MR) is 68.1 cm³/mol. The van der Waals surface area contributed by atoms with Crippen molar-refractivity contribution in [3.63, 3.8) is 0 Å². The van der Waals surface area contributed by atoms with Crippen molar-refractivity contribution in [1.82, 2.24) is 15.0 Å². The maximum Gasteiger partial charge on any atom is 0.360 e. The number of ether oxygens (including phenoxy) is 2. The van der Waals surface area contributed by atoms with Crippen LogP contribution in [0.25, 0.3) is 5.69 Å². The highest BCUT2D eigenvalue weighted by Gasteiger charge is 2.20. The molecule has 0 saturated heterocycles. The molecule has 100 valence electrons. The van der Waals surface area contributed by atoms with Crippen LogP contribution in [-0.2, 0) is 16.1 Å². The van der Waals surface area contributed by atoms with E-state index in [9.17, 15) is 4.79 Å². The summed E-state index contributed by atoms with van der Waals surface area (Å²) in [6.07, 6.45) is 0. The largest absolute Gasteiger partial charge is 0.464 e. The summed E-state index contributed by atoms with van der Waals surface area (Å²) in [4.78, 5) is 11.6. The van der Waals surface area contributed by atoms with Gasteiger partial charge < -0.3 is 9.47 Å². The molecule has 0 spiro atoms. The number of aromatic nitrogens is 3. The molecule has 6 nitrogen and oxygen atoms in total. The summed E-state index contributed by atoms with van der Waals surface area (Å²) in [5.41, 5.74) is 2.66. The first-order valence-electron chi connectivity index (χ1n) is 5.76. The highest BCUT2D eigenvalue weighted by molar-refractivity contribution is 5.88. The lowest BCUT2D eigenvalue weighted by Crippen LogP contribution is -2.09. The quantitative estimate of drug-likeness (QED) is 0.780. The SMILES string of the molecule is COCc1c(C(=O)OC)nnn1-c1cccc(C)c1. The average molecular weight is 261 g/mol. The molecule has 0 bridgehead atoms. The molecular weight excluding hydrogens is 246 g/mol. The van der Waals surface area contributed by atoms with Crippen LogP contribution in [0.2, 0.25) is 0 Å². The number of rotatable bonds is 4. The van der Waals surface area contributed by atoms with Crippen molar-refractivity contribution in [1.29, 1.82) is 0 Å². The molecule has 0 aliphatic carbocycles. The van der Waals surface area contributed by atoms with E-state index in [1.807, 2.05) is 31.2 Å². The monoisotopic (exact) mass is 261 g/mol. The molecule has 19 heavy (non-hydrogen) atoms. The van der Waals surface area contributed by atoms with E-state index >= 15 is 0 Å². The molecule has 0 radical (unpaired) electrons. The first-order chi connectivity index (χ1) is 9.17. The van der Waals surface area contributed by atoms with E-state index in [1.165, 1.54) is 7.11 Å². The van der Waals surface area contributed by atoms with Crippen molar-refractivity contribution in [2.45, 2.75) is 13.5 Å². The van der Waals surface area contributed by atoms with Crippen LogP contribution < -0.4 is 0 Å². The summed E-state index contributed by atoms with van der Waals surface area (Å²) < 4.78 is 11.4. The maximum atomic E-state index is 11.6. The van der Waals surface area contributed by atoms with Crippen molar-refractivity contribution in [2.24, 2.45) is 0 Å². The molecule has 1 heterocycles. The van der Waals surface area contributed by atoms with Crippen molar-refractivity contribution in [2.75, 3.05) is 14.2 Å². The average Bonchev–Trinajstić information content (AvgIpc) is 2.82. The van der Waals surface area contributed by atoms with Crippen LogP contribution >= 0.6 is 0 Å². The Labute approximate surface area is 110 Å². The molecule has 0 N–H and O–H groups in total. The van der Waals surface area contributed by atoms with E-state index in [2.05, 4.69) is 15.0 Å². The molecule has 2 aromatic rings. The van der Waals surface area contributed by atoms with Gasteiger partial charge in [-0.1, -0.05) is 17.3 Å². The fourth-order valence-corrected chi connectivity index (χ4v) is 1.79. The fraction of sp³-hybridized carbons (Fsp3) is 0.308. The summed E-state index contributed by atoms with van der Waals surface area (Å²) in [5.74, 6) is -0.522.